The van der Waals surface area contributed by atoms with E-state index in [4.69, 9.17) is 22.1 Å². The highest BCUT2D eigenvalue weighted by Gasteiger charge is 2.25. The van der Waals surface area contributed by atoms with E-state index in [-0.39, 0.29) is 34.3 Å². The highest BCUT2D eigenvalue weighted by molar-refractivity contribution is 7.92. The van der Waals surface area contributed by atoms with E-state index >= 15 is 0 Å². The van der Waals surface area contributed by atoms with Crippen LogP contribution in [0.5, 0.6) is 0 Å². The van der Waals surface area contributed by atoms with Crippen LogP contribution in [0.25, 0.3) is 0 Å². The number of urea groups is 1. The second-order valence-electron chi connectivity index (χ2n) is 6.80. The maximum absolute atomic E-state index is 12.8. The largest absolute Gasteiger partial charge is 0.382 e. The Bertz CT molecular complexity index is 997. The highest BCUT2D eigenvalue weighted by Crippen LogP contribution is 2.31. The number of anilines is 3. The molecule has 0 spiro atoms. The Kier molecular flexibility index (Phi) is 7.85. The summed E-state index contributed by atoms with van der Waals surface area (Å²) in [6.07, 6.45) is 0.806. The van der Waals surface area contributed by atoms with Crippen molar-refractivity contribution in [1.82, 2.24) is 14.9 Å². The highest BCUT2D eigenvalue weighted by atomic mass is 35.5. The van der Waals surface area contributed by atoms with Gasteiger partial charge < -0.3 is 16.0 Å². The molecule has 30 heavy (non-hydrogen) atoms. The predicted octanol–water partition coefficient (Wildman–Crippen LogP) is 3.65. The van der Waals surface area contributed by atoms with E-state index in [9.17, 15) is 9.00 Å². The molecule has 0 aliphatic rings. The van der Waals surface area contributed by atoms with Crippen molar-refractivity contribution in [2.45, 2.75) is 32.0 Å². The Balaban J connectivity index is 2.48. The second-order valence-corrected chi connectivity index (χ2v) is 9.53. The van der Waals surface area contributed by atoms with Gasteiger partial charge in [-0.1, -0.05) is 37.6 Å². The normalized spacial score (nSPS) is 12.8. The van der Waals surface area contributed by atoms with E-state index in [1.165, 1.54) is 4.90 Å². The van der Waals surface area contributed by atoms with E-state index in [0.29, 0.717) is 18.1 Å². The fourth-order valence-electron chi connectivity index (χ4n) is 2.75. The lowest BCUT2D eigenvalue weighted by atomic mass is 10.2. The van der Waals surface area contributed by atoms with Crippen molar-refractivity contribution in [3.63, 3.8) is 0 Å². The molecule has 4 N–H and O–H groups in total. The Morgan fingerprint density at radius 2 is 1.87 bits per heavy atom. The first-order chi connectivity index (χ1) is 14.1. The molecule has 164 valence electrons. The number of benzene rings is 1. The summed E-state index contributed by atoms with van der Waals surface area (Å²) in [4.78, 5) is 24.1. The Labute approximate surface area is 182 Å². The summed E-state index contributed by atoms with van der Waals surface area (Å²) < 4.78 is 20.6. The molecule has 0 radical (unpaired) electrons. The lowest BCUT2D eigenvalue weighted by Crippen LogP contribution is -2.40. The van der Waals surface area contributed by atoms with Gasteiger partial charge in [0.15, 0.2) is 11.6 Å². The van der Waals surface area contributed by atoms with Crippen LogP contribution in [-0.4, -0.2) is 51.5 Å². The van der Waals surface area contributed by atoms with Gasteiger partial charge >= 0.3 is 6.03 Å². The number of carbonyl (C=O) groups excluding carboxylic acids is 1. The molecule has 0 bridgehead atoms. The zero-order valence-electron chi connectivity index (χ0n) is 17.6. The Morgan fingerprint density at radius 3 is 2.43 bits per heavy atom. The molecule has 11 heteroatoms. The number of hydrogen-bond acceptors (Lipinski definition) is 7. The topological polar surface area (TPSA) is 128 Å². The summed E-state index contributed by atoms with van der Waals surface area (Å²) in [7, 11) is 0.0816. The lowest BCUT2D eigenvalue weighted by molar-refractivity contribution is 0.217. The quantitative estimate of drug-likeness (QED) is 0.523. The molecule has 1 atom stereocenters. The first kappa shape index (κ1) is 23.7. The van der Waals surface area contributed by atoms with Gasteiger partial charge in [0.2, 0.25) is 5.16 Å². The van der Waals surface area contributed by atoms with Gasteiger partial charge in [-0.25, -0.2) is 23.8 Å². The van der Waals surface area contributed by atoms with E-state index in [0.717, 1.165) is 12.0 Å². The van der Waals surface area contributed by atoms with Crippen LogP contribution in [-0.2, 0) is 16.3 Å². The van der Waals surface area contributed by atoms with Gasteiger partial charge in [-0.3, -0.25) is 4.90 Å². The summed E-state index contributed by atoms with van der Waals surface area (Å²) in [6.45, 7) is 4.54. The number of nitrogens with zero attached hydrogens (tertiary/aromatic N) is 4. The van der Waals surface area contributed by atoms with Crippen LogP contribution in [0.15, 0.2) is 29.4 Å². The van der Waals surface area contributed by atoms with Crippen molar-refractivity contribution in [2.24, 2.45) is 0 Å². The summed E-state index contributed by atoms with van der Waals surface area (Å²) in [5, 5.41) is 3.60. The van der Waals surface area contributed by atoms with E-state index < -0.39 is 9.73 Å². The maximum Gasteiger partial charge on any atom is 0.324 e. The molecule has 0 saturated heterocycles. The summed E-state index contributed by atoms with van der Waals surface area (Å²) in [6, 6.07) is 6.95. The smallest absolute Gasteiger partial charge is 0.324 e. The van der Waals surface area contributed by atoms with Crippen LogP contribution >= 0.6 is 11.6 Å². The number of carbonyl (C=O) groups is 1. The molecular formula is C19H28ClN7O2S. The number of amides is 2. The average molecular weight is 454 g/mol. The van der Waals surface area contributed by atoms with Crippen LogP contribution in [0.4, 0.5) is 22.1 Å². The SMILES string of the molecule is CCCN(C)C(=O)N(C)c1c(N)nc([S@@](=N)(=O)CC)nc1NCc1ccc(Cl)cc1. The van der Waals surface area contributed by atoms with Crippen LogP contribution in [0, 0.1) is 4.78 Å². The third kappa shape index (κ3) is 5.51. The van der Waals surface area contributed by atoms with E-state index in [1.807, 2.05) is 19.1 Å². The molecule has 1 aromatic heterocycles. The predicted molar refractivity (Wildman–Crippen MR) is 122 cm³/mol. The third-order valence-electron chi connectivity index (χ3n) is 4.47. The Morgan fingerprint density at radius 1 is 1.23 bits per heavy atom. The number of halogens is 1. The van der Waals surface area contributed by atoms with E-state index in [2.05, 4.69) is 15.3 Å². The summed E-state index contributed by atoms with van der Waals surface area (Å²) >= 11 is 5.93. The Hall–Kier alpha value is -2.59. The molecule has 2 aromatic rings. The molecule has 9 nitrogen and oxygen atoms in total. The second kappa shape index (κ2) is 9.94. The minimum Gasteiger partial charge on any atom is -0.382 e. The van der Waals surface area contributed by atoms with Crippen molar-refractivity contribution in [3.8, 4) is 0 Å². The van der Waals surface area contributed by atoms with Crippen molar-refractivity contribution in [3.05, 3.63) is 34.9 Å². The average Bonchev–Trinajstić information content (AvgIpc) is 2.72. The standard InChI is InChI=1S/C19H28ClN7O2S/c1-5-11-26(3)19(28)27(4)15-16(21)24-18(30(22,29)6-2)25-17(15)23-12-13-7-9-14(20)10-8-13/h7-10,22H,5-6,11-12H2,1-4H3,(H3,21,23,24,25)/t30-/m0/s1. The van der Waals surface area contributed by atoms with Crippen molar-refractivity contribution in [1.29, 1.82) is 4.78 Å². The molecule has 2 amide bonds. The third-order valence-corrected chi connectivity index (χ3v) is 6.31. The molecular weight excluding hydrogens is 426 g/mol. The minimum atomic E-state index is -3.19. The number of aromatic nitrogens is 2. The van der Waals surface area contributed by atoms with Gasteiger partial charge in [0, 0.05) is 38.0 Å². The number of nitrogen functional groups attached to an aromatic ring is 1. The number of nitrogens with two attached hydrogens (primary N) is 1. The molecule has 2 rings (SSSR count). The first-order valence-electron chi connectivity index (χ1n) is 9.51. The van der Waals surface area contributed by atoms with Crippen molar-refractivity contribution >= 4 is 44.7 Å². The monoisotopic (exact) mass is 453 g/mol. The number of hydrogen-bond donors (Lipinski definition) is 3. The van der Waals surface area contributed by atoms with Crippen molar-refractivity contribution in [2.75, 3.05) is 42.3 Å². The van der Waals surface area contributed by atoms with Gasteiger partial charge in [-0.15, -0.1) is 0 Å². The molecule has 0 fully saturated rings. The zero-order valence-corrected chi connectivity index (χ0v) is 19.2. The van der Waals surface area contributed by atoms with Gasteiger partial charge in [0.05, 0.1) is 0 Å². The minimum absolute atomic E-state index is 0.0206. The van der Waals surface area contributed by atoms with Crippen LogP contribution < -0.4 is 16.0 Å². The lowest BCUT2D eigenvalue weighted by Gasteiger charge is -2.27. The number of nitrogens with one attached hydrogen (secondary N) is 2. The van der Waals surface area contributed by atoms with Gasteiger partial charge in [0.25, 0.3) is 0 Å². The van der Waals surface area contributed by atoms with Crippen molar-refractivity contribution < 1.29 is 9.00 Å². The molecule has 0 aliphatic carbocycles. The molecule has 1 heterocycles. The first-order valence-corrected chi connectivity index (χ1v) is 11.6. The molecule has 0 aliphatic heterocycles. The summed E-state index contributed by atoms with van der Waals surface area (Å²) in [5.41, 5.74) is 7.34. The molecule has 0 saturated carbocycles. The zero-order chi connectivity index (χ0) is 22.5. The maximum atomic E-state index is 12.8. The van der Waals surface area contributed by atoms with Gasteiger partial charge in [0.1, 0.15) is 15.4 Å². The van der Waals surface area contributed by atoms with Crippen LogP contribution in [0.2, 0.25) is 5.02 Å². The molecule has 1 aromatic carbocycles. The van der Waals surface area contributed by atoms with Gasteiger partial charge in [-0.2, -0.15) is 0 Å². The fourth-order valence-corrected chi connectivity index (χ4v) is 3.62. The van der Waals surface area contributed by atoms with Crippen LogP contribution in [0.3, 0.4) is 0 Å². The number of rotatable bonds is 8. The fraction of sp³-hybridized carbons (Fsp3) is 0.421. The van der Waals surface area contributed by atoms with E-state index in [1.54, 1.807) is 38.1 Å². The summed E-state index contributed by atoms with van der Waals surface area (Å²) in [5.74, 6) is 0.269. The molecule has 0 unspecified atom stereocenters. The van der Waals surface area contributed by atoms with Crippen LogP contribution in [0.1, 0.15) is 25.8 Å². The van der Waals surface area contributed by atoms with Gasteiger partial charge in [-0.05, 0) is 24.1 Å².